The Morgan fingerprint density at radius 1 is 0.767 bits per heavy atom. The quantitative estimate of drug-likeness (QED) is 0.164. The average Bonchev–Trinajstić information content (AvgIpc) is 2.97. The van der Waals surface area contributed by atoms with Crippen molar-refractivity contribution in [3.05, 3.63) is 70.5 Å². The Kier molecular flexibility index (Phi) is 7.90. The summed E-state index contributed by atoms with van der Waals surface area (Å²) < 4.78 is 0. The maximum Gasteiger partial charge on any atom is 0.261 e. The van der Waals surface area contributed by atoms with E-state index in [4.69, 9.17) is 27.9 Å². The van der Waals surface area contributed by atoms with Crippen molar-refractivity contribution in [1.29, 1.82) is 0 Å². The van der Waals surface area contributed by atoms with E-state index in [1.165, 1.54) is 6.20 Å². The van der Waals surface area contributed by atoms with Crippen molar-refractivity contribution in [3.8, 4) is 0 Å². The lowest BCUT2D eigenvalue weighted by atomic mass is 10.0. The molecule has 1 amide bonds. The smallest absolute Gasteiger partial charge is 0.261 e. The molecule has 11 N–H and O–H groups in total. The summed E-state index contributed by atoms with van der Waals surface area (Å²) in [4.78, 5) is 46.8. The van der Waals surface area contributed by atoms with Gasteiger partial charge in [0.05, 0.1) is 0 Å². The predicted octanol–water partition coefficient (Wildman–Crippen LogP) is 0.438. The van der Waals surface area contributed by atoms with Crippen LogP contribution in [0.4, 0.5) is 29.2 Å². The van der Waals surface area contributed by atoms with Gasteiger partial charge in [-0.2, -0.15) is 15.0 Å². The highest BCUT2D eigenvalue weighted by molar-refractivity contribution is 6.05. The predicted molar refractivity (Wildman–Crippen MR) is 168 cm³/mol. The van der Waals surface area contributed by atoms with Gasteiger partial charge >= 0.3 is 0 Å². The van der Waals surface area contributed by atoms with Crippen LogP contribution < -0.4 is 48.8 Å². The molecule has 4 aromatic rings. The number of aromatic amines is 1. The first-order valence-electron chi connectivity index (χ1n) is 14.3. The third-order valence-corrected chi connectivity index (χ3v) is 7.64. The summed E-state index contributed by atoms with van der Waals surface area (Å²) in [6, 6.07) is 13.7. The molecule has 43 heavy (non-hydrogen) atoms. The van der Waals surface area contributed by atoms with E-state index in [0.717, 1.165) is 12.8 Å². The number of fused-ring (bicyclic) bond motifs is 1. The van der Waals surface area contributed by atoms with E-state index in [9.17, 15) is 9.59 Å². The monoisotopic (exact) mass is 584 g/mol. The maximum atomic E-state index is 12.9. The summed E-state index contributed by atoms with van der Waals surface area (Å²) in [6.45, 7) is 2.29. The number of nitrogens with zero attached hydrogens (tertiary/aromatic N) is 5. The van der Waals surface area contributed by atoms with Gasteiger partial charge in [-0.1, -0.05) is 12.1 Å². The second kappa shape index (κ2) is 11.9. The van der Waals surface area contributed by atoms with Crippen LogP contribution in [-0.2, 0) is 0 Å². The molecular weight excluding hydrogens is 548 g/mol. The van der Waals surface area contributed by atoms with Gasteiger partial charge in [-0.25, -0.2) is 0 Å². The highest BCUT2D eigenvalue weighted by Gasteiger charge is 2.29. The van der Waals surface area contributed by atoms with E-state index >= 15 is 0 Å². The summed E-state index contributed by atoms with van der Waals surface area (Å²) in [5.74, 6) is 0.765. The Hall–Kier alpha value is -4.63. The fourth-order valence-corrected chi connectivity index (χ4v) is 5.68. The minimum atomic E-state index is -0.504. The van der Waals surface area contributed by atoms with Crippen LogP contribution in [0.5, 0.6) is 0 Å². The molecule has 0 bridgehead atoms. The van der Waals surface area contributed by atoms with E-state index < -0.39 is 5.91 Å². The van der Waals surface area contributed by atoms with E-state index in [1.807, 2.05) is 15.9 Å². The van der Waals surface area contributed by atoms with E-state index in [1.54, 1.807) is 42.5 Å². The highest BCUT2D eigenvalue weighted by Crippen LogP contribution is 2.24. The van der Waals surface area contributed by atoms with Crippen LogP contribution >= 0.6 is 0 Å². The molecule has 224 valence electrons. The fraction of sp³-hybridized carbons (Fsp3) is 0.345. The Morgan fingerprint density at radius 2 is 1.30 bits per heavy atom. The number of hydrogen-bond acceptors (Lipinski definition) is 12. The van der Waals surface area contributed by atoms with Crippen molar-refractivity contribution in [2.45, 2.75) is 37.0 Å². The van der Waals surface area contributed by atoms with Crippen LogP contribution in [0.1, 0.15) is 23.2 Å². The molecule has 4 atom stereocenters. The number of anilines is 5. The number of carbonyl (C=O) groups is 1. The van der Waals surface area contributed by atoms with Crippen LogP contribution in [-0.4, -0.2) is 76.2 Å². The van der Waals surface area contributed by atoms with Gasteiger partial charge < -0.3 is 48.4 Å². The number of H-pyrrole nitrogens is 1. The summed E-state index contributed by atoms with van der Waals surface area (Å²) >= 11 is 0. The number of rotatable bonds is 6. The van der Waals surface area contributed by atoms with Crippen molar-refractivity contribution in [3.63, 3.8) is 0 Å². The maximum absolute atomic E-state index is 12.9. The molecule has 0 aliphatic carbocycles. The highest BCUT2D eigenvalue weighted by atomic mass is 16.2. The Labute approximate surface area is 247 Å². The van der Waals surface area contributed by atoms with Gasteiger partial charge in [0, 0.05) is 78.8 Å². The fourth-order valence-electron chi connectivity index (χ4n) is 5.68. The van der Waals surface area contributed by atoms with E-state index in [0.29, 0.717) is 66.3 Å². The first-order valence-corrected chi connectivity index (χ1v) is 14.3. The molecule has 2 aliphatic rings. The number of nitrogens with two attached hydrogens (primary N) is 4. The number of benzene rings is 2. The number of piperidine rings is 2. The summed E-state index contributed by atoms with van der Waals surface area (Å²) in [5, 5.41) is 6.48. The van der Waals surface area contributed by atoms with Crippen LogP contribution in [0.15, 0.2) is 59.5 Å². The van der Waals surface area contributed by atoms with Gasteiger partial charge in [0.25, 0.3) is 5.91 Å². The summed E-state index contributed by atoms with van der Waals surface area (Å²) in [7, 11) is 0. The second-order valence-corrected chi connectivity index (χ2v) is 11.3. The summed E-state index contributed by atoms with van der Waals surface area (Å²) in [6.07, 6.45) is 2.89. The molecule has 4 heterocycles. The van der Waals surface area contributed by atoms with Crippen molar-refractivity contribution >= 4 is 46.0 Å². The van der Waals surface area contributed by atoms with Crippen molar-refractivity contribution in [1.82, 2.24) is 19.9 Å². The molecule has 14 heteroatoms. The molecule has 2 aromatic carbocycles. The van der Waals surface area contributed by atoms with Gasteiger partial charge in [0.2, 0.25) is 23.3 Å². The summed E-state index contributed by atoms with van der Waals surface area (Å²) in [5.41, 5.74) is 26.6. The first kappa shape index (κ1) is 28.5. The van der Waals surface area contributed by atoms with Crippen LogP contribution in [0.25, 0.3) is 10.9 Å². The minimum Gasteiger partial charge on any atom is -0.360 e. The lowest BCUT2D eigenvalue weighted by molar-refractivity contribution is 0.102. The third-order valence-electron chi connectivity index (χ3n) is 7.64. The number of aromatic nitrogens is 4. The number of carbonyl (C=O) groups excluding carboxylic acids is 1. The van der Waals surface area contributed by atoms with E-state index in [2.05, 4.69) is 25.6 Å². The minimum absolute atomic E-state index is 0.0282. The van der Waals surface area contributed by atoms with Crippen molar-refractivity contribution < 1.29 is 4.79 Å². The number of hydrogen-bond donors (Lipinski definition) is 7. The molecular formula is C29H36N12O2. The second-order valence-electron chi connectivity index (χ2n) is 11.3. The van der Waals surface area contributed by atoms with Crippen LogP contribution in [0.2, 0.25) is 0 Å². The molecule has 6 rings (SSSR count). The number of nitrogens with one attached hydrogen (secondary N) is 3. The lowest BCUT2D eigenvalue weighted by Gasteiger charge is -2.37. The van der Waals surface area contributed by atoms with Crippen molar-refractivity contribution in [2.24, 2.45) is 22.9 Å². The molecule has 0 spiro atoms. The van der Waals surface area contributed by atoms with Gasteiger partial charge in [0.1, 0.15) is 5.56 Å². The number of amides is 1. The molecule has 0 radical (unpaired) electrons. The van der Waals surface area contributed by atoms with Gasteiger partial charge in [0.15, 0.2) is 0 Å². The largest absolute Gasteiger partial charge is 0.360 e. The zero-order chi connectivity index (χ0) is 30.1. The third kappa shape index (κ3) is 6.41. The molecule has 0 saturated carbocycles. The molecule has 14 nitrogen and oxygen atoms in total. The van der Waals surface area contributed by atoms with Crippen LogP contribution in [0.3, 0.4) is 0 Å². The zero-order valence-electron chi connectivity index (χ0n) is 23.6. The lowest BCUT2D eigenvalue weighted by Crippen LogP contribution is -2.54. The Morgan fingerprint density at radius 3 is 1.88 bits per heavy atom. The van der Waals surface area contributed by atoms with Gasteiger partial charge in [-0.3, -0.25) is 9.59 Å². The van der Waals surface area contributed by atoms with Gasteiger partial charge in [-0.05, 0) is 49.2 Å². The standard InChI is InChI=1S/C29H36N12O2/c30-16-9-17(31)13-40(12-16)28-37-27(38-29(39-28)41-14-18(32)10-19(33)15-41)36-21-7-5-20(6-8-21)35-26(43)23-11-34-24-4-2-1-3-22(24)25(23)42/h1-8,11,16-19H,9-10,12-15,30-33H2,(H,34,42)(H,35,43)(H,36,37,38,39)/t16-,17+,18-,19+. The molecule has 2 fully saturated rings. The molecule has 2 aromatic heterocycles. The molecule has 2 aliphatic heterocycles. The molecule has 2 saturated heterocycles. The topological polar surface area (TPSA) is 223 Å². The van der Waals surface area contributed by atoms with Gasteiger partial charge in [-0.15, -0.1) is 0 Å². The van der Waals surface area contributed by atoms with Crippen LogP contribution in [0, 0.1) is 0 Å². The Balaban J connectivity index is 1.22. The SMILES string of the molecule is N[C@@H]1C[C@H](N)CN(c2nc(Nc3ccc(NC(=O)c4c[nH]c5ccccc5c4=O)cc3)nc(N3C[C@H](N)C[C@H](N)C3)n2)C1. The van der Waals surface area contributed by atoms with E-state index in [-0.39, 0.29) is 35.2 Å². The first-order chi connectivity index (χ1) is 20.7. The normalized spacial score (nSPS) is 22.4. The number of para-hydroxylation sites is 1. The average molecular weight is 585 g/mol. The van der Waals surface area contributed by atoms with Crippen molar-refractivity contribution in [2.75, 3.05) is 46.6 Å². The number of pyridine rings is 1. The Bertz CT molecular complexity index is 1610. The zero-order valence-corrected chi connectivity index (χ0v) is 23.6. The molecule has 0 unspecified atom stereocenters.